The number of benzene rings is 3. The van der Waals surface area contributed by atoms with E-state index >= 15 is 0 Å². The highest BCUT2D eigenvalue weighted by Crippen LogP contribution is 2.33. The van der Waals surface area contributed by atoms with E-state index in [4.69, 9.17) is 15.9 Å². The van der Waals surface area contributed by atoms with Crippen molar-refractivity contribution in [3.8, 4) is 28.3 Å². The number of nitrogen functional groups attached to an aromatic ring is 1. The van der Waals surface area contributed by atoms with Crippen molar-refractivity contribution in [2.75, 3.05) is 12.4 Å². The molecule has 0 spiro atoms. The largest absolute Gasteiger partial charge is 0.497 e. The summed E-state index contributed by atoms with van der Waals surface area (Å²) in [5.41, 5.74) is 7.92. The van der Waals surface area contributed by atoms with Gasteiger partial charge in [-0.15, -0.1) is 5.10 Å². The Morgan fingerprint density at radius 1 is 1.03 bits per heavy atom. The fourth-order valence-corrected chi connectivity index (χ4v) is 4.07. The molecule has 0 aliphatic heterocycles. The molecule has 1 amide bonds. The monoisotopic (exact) mass is 527 g/mol. The number of rotatable bonds is 8. The zero-order chi connectivity index (χ0) is 28.3. The molecule has 3 aromatic carbocycles. The molecule has 0 radical (unpaired) electrons. The zero-order valence-electron chi connectivity index (χ0n) is 22.0. The molecule has 39 heavy (non-hydrogen) atoms. The van der Waals surface area contributed by atoms with Crippen molar-refractivity contribution < 1.29 is 19.4 Å². The van der Waals surface area contributed by atoms with Crippen LogP contribution in [0.25, 0.3) is 22.5 Å². The number of hydrogen-bond acceptors (Lipinski definition) is 7. The van der Waals surface area contributed by atoms with Gasteiger partial charge in [-0.2, -0.15) is 0 Å². The van der Waals surface area contributed by atoms with Gasteiger partial charge in [-0.3, -0.25) is 10.2 Å². The third kappa shape index (κ3) is 6.09. The van der Waals surface area contributed by atoms with Gasteiger partial charge in [0.05, 0.1) is 18.2 Å². The molecule has 1 heterocycles. The number of methoxy groups -OCH3 is 1. The predicted molar refractivity (Wildman–Crippen MR) is 147 cm³/mol. The summed E-state index contributed by atoms with van der Waals surface area (Å²) < 4.78 is 6.97. The minimum atomic E-state index is -1.16. The molecular weight excluding hydrogens is 498 g/mol. The molecule has 0 bridgehead atoms. The molecule has 200 valence electrons. The first-order chi connectivity index (χ1) is 18.5. The van der Waals surface area contributed by atoms with E-state index in [0.29, 0.717) is 46.1 Å². The summed E-state index contributed by atoms with van der Waals surface area (Å²) in [6.45, 7) is 6.70. The van der Waals surface area contributed by atoms with Gasteiger partial charge in [0.1, 0.15) is 11.6 Å². The molecule has 1 aromatic heterocycles. The summed E-state index contributed by atoms with van der Waals surface area (Å²) in [6, 6.07) is 16.3. The third-order valence-corrected chi connectivity index (χ3v) is 5.88. The first-order valence-electron chi connectivity index (χ1n) is 12.0. The normalized spacial score (nSPS) is 11.2. The van der Waals surface area contributed by atoms with Crippen LogP contribution >= 0.6 is 0 Å². The van der Waals surface area contributed by atoms with Crippen LogP contribution < -0.4 is 15.8 Å². The number of amidine groups is 1. The number of carbonyl (C=O) groups excluding carboxylic acids is 1. The molecule has 0 aliphatic carbocycles. The van der Waals surface area contributed by atoms with Gasteiger partial charge in [-0.1, -0.05) is 32.9 Å². The smallest absolute Gasteiger partial charge is 0.336 e. The van der Waals surface area contributed by atoms with Gasteiger partial charge in [0.2, 0.25) is 0 Å². The molecule has 11 heteroatoms. The van der Waals surface area contributed by atoms with E-state index in [-0.39, 0.29) is 22.4 Å². The number of carbonyl (C=O) groups is 2. The van der Waals surface area contributed by atoms with Crippen molar-refractivity contribution in [1.82, 2.24) is 20.2 Å². The highest BCUT2D eigenvalue weighted by atomic mass is 16.5. The SMILES string of the molecule is COc1ccc(-c2ccc(-c3nnnn3CC(C)(C)C)cc2C(=O)O)c(C(=O)Nc2ccc(C(=N)N)cc2)c1. The standard InChI is InChI=1S/C28H29N7O4/c1-28(2,3)15-35-25(32-33-34-35)17-7-11-21(23(13-17)27(37)38)20-12-10-19(39-4)14-22(20)26(36)31-18-8-5-16(6-9-18)24(29)30/h5-14H,15H2,1-4H3,(H3,29,30)(H,31,36)(H,37,38). The van der Waals surface area contributed by atoms with Crippen molar-refractivity contribution in [3.05, 3.63) is 77.4 Å². The Morgan fingerprint density at radius 3 is 2.31 bits per heavy atom. The molecule has 0 fully saturated rings. The Balaban J connectivity index is 1.76. The topological polar surface area (TPSA) is 169 Å². The molecule has 4 aromatic rings. The number of nitrogens with two attached hydrogens (primary N) is 1. The minimum Gasteiger partial charge on any atom is -0.497 e. The molecule has 0 atom stereocenters. The average Bonchev–Trinajstić information content (AvgIpc) is 3.34. The van der Waals surface area contributed by atoms with Gasteiger partial charge in [0.15, 0.2) is 5.82 Å². The van der Waals surface area contributed by atoms with Crippen LogP contribution in [0.1, 0.15) is 47.1 Å². The van der Waals surface area contributed by atoms with E-state index < -0.39 is 11.9 Å². The van der Waals surface area contributed by atoms with Gasteiger partial charge in [0.25, 0.3) is 5.91 Å². The fraction of sp³-hybridized carbons (Fsp3) is 0.214. The third-order valence-electron chi connectivity index (χ3n) is 5.88. The van der Waals surface area contributed by atoms with Gasteiger partial charge >= 0.3 is 5.97 Å². The van der Waals surface area contributed by atoms with Crippen LogP contribution in [0.3, 0.4) is 0 Å². The summed E-state index contributed by atoms with van der Waals surface area (Å²) >= 11 is 0. The second kappa shape index (κ2) is 10.7. The predicted octanol–water partition coefficient (Wildman–Crippen LogP) is 4.30. The number of aromatic carboxylic acids is 1. The lowest BCUT2D eigenvalue weighted by molar-refractivity contribution is 0.0697. The Bertz CT molecular complexity index is 1550. The number of carboxylic acids is 1. The molecule has 0 aliphatic rings. The van der Waals surface area contributed by atoms with Crippen molar-refractivity contribution in [2.24, 2.45) is 11.1 Å². The van der Waals surface area contributed by atoms with Crippen LogP contribution in [0.2, 0.25) is 0 Å². The van der Waals surface area contributed by atoms with Crippen LogP contribution in [0, 0.1) is 10.8 Å². The van der Waals surface area contributed by atoms with Gasteiger partial charge in [-0.25, -0.2) is 9.48 Å². The molecule has 0 unspecified atom stereocenters. The molecule has 0 saturated heterocycles. The van der Waals surface area contributed by atoms with E-state index in [1.807, 2.05) is 0 Å². The number of tetrazole rings is 1. The Labute approximate surface area is 225 Å². The maximum Gasteiger partial charge on any atom is 0.336 e. The van der Waals surface area contributed by atoms with Crippen molar-refractivity contribution >= 4 is 23.4 Å². The summed E-state index contributed by atoms with van der Waals surface area (Å²) in [5, 5.41) is 32.4. The maximum absolute atomic E-state index is 13.4. The lowest BCUT2D eigenvalue weighted by Crippen LogP contribution is -2.17. The zero-order valence-corrected chi connectivity index (χ0v) is 22.0. The van der Waals surface area contributed by atoms with Crippen molar-refractivity contribution in [1.29, 1.82) is 5.41 Å². The second-order valence-electron chi connectivity index (χ2n) is 10.1. The van der Waals surface area contributed by atoms with Gasteiger partial charge in [0, 0.05) is 23.4 Å². The quantitative estimate of drug-likeness (QED) is 0.194. The molecule has 4 rings (SSSR count). The molecule has 5 N–H and O–H groups in total. The highest BCUT2D eigenvalue weighted by molar-refractivity contribution is 6.11. The number of nitrogens with zero attached hydrogens (tertiary/aromatic N) is 4. The molecule has 11 nitrogen and oxygen atoms in total. The van der Waals surface area contributed by atoms with Gasteiger partial charge in [-0.05, 0) is 75.5 Å². The number of amides is 1. The number of aromatic nitrogens is 4. The van der Waals surface area contributed by atoms with Crippen molar-refractivity contribution in [2.45, 2.75) is 27.3 Å². The van der Waals surface area contributed by atoms with Crippen LogP contribution in [0.4, 0.5) is 5.69 Å². The number of nitrogens with one attached hydrogen (secondary N) is 2. The summed E-state index contributed by atoms with van der Waals surface area (Å²) in [6.07, 6.45) is 0. The number of anilines is 1. The first-order valence-corrected chi connectivity index (χ1v) is 12.0. The lowest BCUT2D eigenvalue weighted by atomic mass is 9.93. The Hall–Kier alpha value is -5.06. The van der Waals surface area contributed by atoms with Gasteiger partial charge < -0.3 is 20.9 Å². The summed E-state index contributed by atoms with van der Waals surface area (Å²) in [7, 11) is 1.48. The maximum atomic E-state index is 13.4. The summed E-state index contributed by atoms with van der Waals surface area (Å²) in [5.74, 6) is -0.830. The number of hydrogen-bond donors (Lipinski definition) is 4. The van der Waals surface area contributed by atoms with E-state index in [2.05, 4.69) is 41.6 Å². The highest BCUT2D eigenvalue weighted by Gasteiger charge is 2.22. The average molecular weight is 528 g/mol. The Morgan fingerprint density at radius 2 is 1.69 bits per heavy atom. The van der Waals surface area contributed by atoms with Crippen LogP contribution in [-0.4, -0.2) is 50.1 Å². The molecular formula is C28H29N7O4. The van der Waals surface area contributed by atoms with Crippen LogP contribution in [0.15, 0.2) is 60.7 Å². The van der Waals surface area contributed by atoms with Crippen molar-refractivity contribution in [3.63, 3.8) is 0 Å². The van der Waals surface area contributed by atoms with E-state index in [1.54, 1.807) is 59.3 Å². The minimum absolute atomic E-state index is 0.0113. The number of carboxylic acid groups (broad SMARTS) is 1. The Kier molecular flexibility index (Phi) is 7.43. The van der Waals surface area contributed by atoms with Crippen LogP contribution in [-0.2, 0) is 6.54 Å². The first kappa shape index (κ1) is 27.0. The number of ether oxygens (including phenoxy) is 1. The van der Waals surface area contributed by atoms with E-state index in [1.165, 1.54) is 13.2 Å². The fourth-order valence-electron chi connectivity index (χ4n) is 4.07. The van der Waals surface area contributed by atoms with Crippen LogP contribution in [0.5, 0.6) is 5.75 Å². The van der Waals surface area contributed by atoms with E-state index in [9.17, 15) is 14.7 Å². The summed E-state index contributed by atoms with van der Waals surface area (Å²) in [4.78, 5) is 25.8. The van der Waals surface area contributed by atoms with E-state index in [0.717, 1.165) is 0 Å². The second-order valence-corrected chi connectivity index (χ2v) is 10.1. The lowest BCUT2D eigenvalue weighted by Gasteiger charge is -2.18. The molecule has 0 saturated carbocycles.